The summed E-state index contributed by atoms with van der Waals surface area (Å²) in [7, 11) is 0. The van der Waals surface area contributed by atoms with Gasteiger partial charge in [-0.05, 0) is 36.5 Å². The van der Waals surface area contributed by atoms with Gasteiger partial charge in [-0.1, -0.05) is 6.58 Å². The fourth-order valence-electron chi connectivity index (χ4n) is 2.51. The van der Waals surface area contributed by atoms with Crippen LogP contribution in [0, 0.1) is 11.3 Å². The predicted molar refractivity (Wildman–Crippen MR) is 92.2 cm³/mol. The summed E-state index contributed by atoms with van der Waals surface area (Å²) in [5.74, 6) is 0.727. The molecule has 7 nitrogen and oxygen atoms in total. The highest BCUT2D eigenvalue weighted by molar-refractivity contribution is 6.10. The van der Waals surface area contributed by atoms with Gasteiger partial charge in [0.25, 0.3) is 5.91 Å². The average molecular weight is 335 g/mol. The molecule has 7 heteroatoms. The first kappa shape index (κ1) is 15.3. The highest BCUT2D eigenvalue weighted by Gasteiger charge is 2.25. The van der Waals surface area contributed by atoms with Crippen molar-refractivity contribution in [2.75, 3.05) is 6.61 Å². The summed E-state index contributed by atoms with van der Waals surface area (Å²) in [5, 5.41) is 14.9. The Morgan fingerprint density at radius 1 is 1.44 bits per heavy atom. The Balaban J connectivity index is 1.57. The van der Waals surface area contributed by atoms with E-state index in [2.05, 4.69) is 22.0 Å². The third-order valence-corrected chi connectivity index (χ3v) is 4.15. The summed E-state index contributed by atoms with van der Waals surface area (Å²) >= 11 is 0. The van der Waals surface area contributed by atoms with E-state index in [9.17, 15) is 4.79 Å². The zero-order valence-corrected chi connectivity index (χ0v) is 13.5. The zero-order valence-electron chi connectivity index (χ0n) is 13.5. The van der Waals surface area contributed by atoms with Gasteiger partial charge < -0.3 is 15.5 Å². The first-order chi connectivity index (χ1) is 12.1. The molecule has 25 heavy (non-hydrogen) atoms. The number of hydrogen-bond donors (Lipinski definition) is 2. The second-order valence-corrected chi connectivity index (χ2v) is 6.16. The Morgan fingerprint density at radius 2 is 2.28 bits per heavy atom. The number of nitrogens with one attached hydrogen (secondary N) is 2. The molecule has 2 aromatic rings. The number of aromatic nitrogens is 3. The average Bonchev–Trinajstić information content (AvgIpc) is 3.33. The zero-order chi connectivity index (χ0) is 17.4. The molecular formula is C18H17N5O2. The molecule has 126 valence electrons. The van der Waals surface area contributed by atoms with E-state index in [4.69, 9.17) is 10.1 Å². The molecule has 2 heterocycles. The van der Waals surface area contributed by atoms with Crippen molar-refractivity contribution in [3.63, 3.8) is 0 Å². The second-order valence-electron chi connectivity index (χ2n) is 6.16. The Bertz CT molecular complexity index is 949. The van der Waals surface area contributed by atoms with Gasteiger partial charge in [-0.3, -0.25) is 4.79 Å². The van der Waals surface area contributed by atoms with Crippen LogP contribution < -0.4 is 5.32 Å². The maximum atomic E-state index is 12.7. The number of fused-ring (bicyclic) bond motifs is 1. The van der Waals surface area contributed by atoms with Gasteiger partial charge in [-0.15, -0.1) is 0 Å². The molecule has 1 saturated carbocycles. The van der Waals surface area contributed by atoms with Crippen LogP contribution in [0.15, 0.2) is 60.4 Å². The Kier molecular flexibility index (Phi) is 3.68. The van der Waals surface area contributed by atoms with Crippen LogP contribution in [-0.2, 0) is 4.74 Å². The number of carbonyl (C=O) groups is 1. The molecular weight excluding hydrogens is 318 g/mol. The molecule has 0 aromatic carbocycles. The van der Waals surface area contributed by atoms with Gasteiger partial charge in [-0.2, -0.15) is 5.10 Å². The van der Waals surface area contributed by atoms with Crippen LogP contribution in [0.3, 0.4) is 0 Å². The van der Waals surface area contributed by atoms with Crippen LogP contribution in [0.5, 0.6) is 0 Å². The van der Waals surface area contributed by atoms with E-state index in [1.165, 1.54) is 6.20 Å². The van der Waals surface area contributed by atoms with E-state index in [1.54, 1.807) is 35.1 Å². The summed E-state index contributed by atoms with van der Waals surface area (Å²) in [5.41, 5.74) is 2.15. The van der Waals surface area contributed by atoms with Crippen molar-refractivity contribution in [3.05, 3.63) is 66.0 Å². The van der Waals surface area contributed by atoms with Crippen molar-refractivity contribution in [2.45, 2.75) is 12.8 Å². The molecule has 2 aliphatic carbocycles. The van der Waals surface area contributed by atoms with Gasteiger partial charge >= 0.3 is 0 Å². The molecule has 0 bridgehead atoms. The molecule has 0 spiro atoms. The van der Waals surface area contributed by atoms with Gasteiger partial charge in [0.15, 0.2) is 5.65 Å². The third-order valence-electron chi connectivity index (χ3n) is 4.15. The van der Waals surface area contributed by atoms with Crippen LogP contribution in [-0.4, -0.2) is 32.8 Å². The molecule has 2 aliphatic rings. The van der Waals surface area contributed by atoms with Crippen molar-refractivity contribution < 1.29 is 9.53 Å². The summed E-state index contributed by atoms with van der Waals surface area (Å²) in [6.07, 6.45) is 10.4. The van der Waals surface area contributed by atoms with E-state index in [-0.39, 0.29) is 11.6 Å². The van der Waals surface area contributed by atoms with E-state index >= 15 is 0 Å². The van der Waals surface area contributed by atoms with Crippen molar-refractivity contribution in [1.82, 2.24) is 19.9 Å². The minimum absolute atomic E-state index is 0.279. The van der Waals surface area contributed by atoms with Crippen LogP contribution in [0.1, 0.15) is 23.2 Å². The predicted octanol–water partition coefficient (Wildman–Crippen LogP) is 2.24. The van der Waals surface area contributed by atoms with Gasteiger partial charge in [0.2, 0.25) is 0 Å². The van der Waals surface area contributed by atoms with Gasteiger partial charge in [0, 0.05) is 18.5 Å². The number of amides is 1. The highest BCUT2D eigenvalue weighted by Crippen LogP contribution is 2.31. The van der Waals surface area contributed by atoms with Gasteiger partial charge in [-0.25, -0.2) is 9.50 Å². The molecule has 0 aliphatic heterocycles. The number of nitrogens with zero attached hydrogens (tertiary/aromatic N) is 3. The molecule has 1 amide bonds. The first-order valence-corrected chi connectivity index (χ1v) is 8.06. The van der Waals surface area contributed by atoms with E-state index in [1.807, 2.05) is 0 Å². The number of rotatable bonds is 5. The lowest BCUT2D eigenvalue weighted by atomic mass is 10.0. The summed E-state index contributed by atoms with van der Waals surface area (Å²) < 4.78 is 7.34. The Hall–Kier alpha value is -3.22. The van der Waals surface area contributed by atoms with Gasteiger partial charge in [0.05, 0.1) is 24.2 Å². The molecule has 0 unspecified atom stereocenters. The fraction of sp³-hybridized carbons (Fsp3) is 0.222. The van der Waals surface area contributed by atoms with Crippen LogP contribution >= 0.6 is 0 Å². The number of hydrogen-bond acceptors (Lipinski definition) is 5. The Labute approximate surface area is 144 Å². The van der Waals surface area contributed by atoms with E-state index < -0.39 is 0 Å². The molecule has 0 atom stereocenters. The normalized spacial score (nSPS) is 17.3. The SMILES string of the molecule is C=C1C=C(NC(=O)c2cnn3cccnc23)C(OCC2CC2)=CC1=N. The molecule has 1 fully saturated rings. The number of ether oxygens (including phenoxy) is 1. The molecule has 4 rings (SSSR count). The smallest absolute Gasteiger partial charge is 0.261 e. The van der Waals surface area contributed by atoms with Crippen molar-refractivity contribution in [3.8, 4) is 0 Å². The highest BCUT2D eigenvalue weighted by atomic mass is 16.5. The Morgan fingerprint density at radius 3 is 3.08 bits per heavy atom. The topological polar surface area (TPSA) is 92.4 Å². The minimum atomic E-state index is -0.331. The van der Waals surface area contributed by atoms with E-state index in [0.29, 0.717) is 40.8 Å². The summed E-state index contributed by atoms with van der Waals surface area (Å²) in [4.78, 5) is 16.9. The van der Waals surface area contributed by atoms with Crippen molar-refractivity contribution in [1.29, 1.82) is 5.41 Å². The van der Waals surface area contributed by atoms with Gasteiger partial charge in [0.1, 0.15) is 11.3 Å². The fourth-order valence-corrected chi connectivity index (χ4v) is 2.51. The maximum absolute atomic E-state index is 12.7. The molecule has 0 saturated heterocycles. The quantitative estimate of drug-likeness (QED) is 0.876. The molecule has 0 radical (unpaired) electrons. The maximum Gasteiger partial charge on any atom is 0.261 e. The lowest BCUT2D eigenvalue weighted by Gasteiger charge is -2.19. The lowest BCUT2D eigenvalue weighted by Crippen LogP contribution is -2.27. The monoisotopic (exact) mass is 335 g/mol. The van der Waals surface area contributed by atoms with Crippen LogP contribution in [0.4, 0.5) is 0 Å². The van der Waals surface area contributed by atoms with Crippen molar-refractivity contribution in [2.24, 2.45) is 5.92 Å². The standard InChI is InChI=1S/C18H17N5O2/c1-11-7-15(16(8-14(11)19)25-10-12-3-4-12)22-18(24)13-9-21-23-6-2-5-20-17(13)23/h2,5-9,12,19H,1,3-4,10H2,(H,22,24). The number of carbonyl (C=O) groups excluding carboxylic acids is 1. The lowest BCUT2D eigenvalue weighted by molar-refractivity contribution is 0.0961. The summed E-state index contributed by atoms with van der Waals surface area (Å²) in [6.45, 7) is 4.42. The second kappa shape index (κ2) is 6.01. The third kappa shape index (κ3) is 3.08. The summed E-state index contributed by atoms with van der Waals surface area (Å²) in [6, 6.07) is 1.74. The largest absolute Gasteiger partial charge is 0.491 e. The number of allylic oxidation sites excluding steroid dienone is 3. The van der Waals surface area contributed by atoms with Crippen LogP contribution in [0.25, 0.3) is 5.65 Å². The molecule has 2 aromatic heterocycles. The van der Waals surface area contributed by atoms with Crippen LogP contribution in [0.2, 0.25) is 0 Å². The van der Waals surface area contributed by atoms with Crippen molar-refractivity contribution >= 4 is 17.3 Å². The molecule has 2 N–H and O–H groups in total. The van der Waals surface area contributed by atoms with E-state index in [0.717, 1.165) is 12.8 Å². The first-order valence-electron chi connectivity index (χ1n) is 8.06. The minimum Gasteiger partial charge on any atom is -0.491 e.